The van der Waals surface area contributed by atoms with Gasteiger partial charge in [-0.05, 0) is 33.0 Å². The van der Waals surface area contributed by atoms with Crippen LogP contribution in [0.5, 0.6) is 0 Å². The van der Waals surface area contributed by atoms with Gasteiger partial charge in [-0.15, -0.1) is 0 Å². The lowest BCUT2D eigenvalue weighted by atomic mass is 10.3. The van der Waals surface area contributed by atoms with E-state index in [0.29, 0.717) is 6.61 Å². The molecule has 0 amide bonds. The molecule has 0 aliphatic rings. The molecule has 0 spiro atoms. The first kappa shape index (κ1) is 11.8. The van der Waals surface area contributed by atoms with Gasteiger partial charge in [-0.3, -0.25) is 5.32 Å². The Morgan fingerprint density at radius 1 is 1.33 bits per heavy atom. The zero-order chi connectivity index (χ0) is 9.23. The number of aliphatic hydroxyl groups is 1. The fraction of sp³-hybridized carbons (Fsp3) is 1.00. The molecule has 1 unspecified atom stereocenters. The molecule has 4 nitrogen and oxygen atoms in total. The number of unbranched alkanes of at least 4 members (excludes halogenated alkanes) is 1. The molecule has 3 N–H and O–H groups in total. The number of hydrogen-bond donors (Lipinski definition) is 3. The largest absolute Gasteiger partial charge is 0.381 e. The lowest BCUT2D eigenvalue weighted by molar-refractivity contribution is 0.0425. The molecule has 0 aliphatic heterocycles. The average Bonchev–Trinajstić information content (AvgIpc) is 2.05. The van der Waals surface area contributed by atoms with Gasteiger partial charge in [0.1, 0.15) is 6.23 Å². The summed E-state index contributed by atoms with van der Waals surface area (Å²) < 4.78 is 4.76. The van der Waals surface area contributed by atoms with Crippen LogP contribution in [0.1, 0.15) is 12.8 Å². The smallest absolute Gasteiger partial charge is 0.128 e. The van der Waals surface area contributed by atoms with Crippen LogP contribution in [0, 0.1) is 0 Å². The molecule has 0 aliphatic carbocycles. The molecule has 0 aromatic heterocycles. The Bertz CT molecular complexity index is 91.1. The summed E-state index contributed by atoms with van der Waals surface area (Å²) in [4.78, 5) is 0. The first-order chi connectivity index (χ1) is 5.81. The first-order valence-electron chi connectivity index (χ1n) is 4.36. The van der Waals surface area contributed by atoms with Gasteiger partial charge in [0.05, 0.1) is 6.61 Å². The molecule has 0 heterocycles. The molecule has 74 valence electrons. The van der Waals surface area contributed by atoms with E-state index < -0.39 is 6.23 Å². The summed E-state index contributed by atoms with van der Waals surface area (Å²) in [5.41, 5.74) is 0. The first-order valence-corrected chi connectivity index (χ1v) is 4.36. The Labute approximate surface area is 74.3 Å². The fourth-order valence-electron chi connectivity index (χ4n) is 0.912. The highest BCUT2D eigenvalue weighted by molar-refractivity contribution is 4.52. The Morgan fingerprint density at radius 3 is 2.58 bits per heavy atom. The zero-order valence-corrected chi connectivity index (χ0v) is 7.97. The molecule has 1 atom stereocenters. The van der Waals surface area contributed by atoms with Crippen molar-refractivity contribution >= 4 is 0 Å². The molecular weight excluding hydrogens is 156 g/mol. The molecule has 0 fully saturated rings. The van der Waals surface area contributed by atoms with Gasteiger partial charge in [-0.1, -0.05) is 0 Å². The van der Waals surface area contributed by atoms with Gasteiger partial charge < -0.3 is 15.2 Å². The van der Waals surface area contributed by atoms with Crippen LogP contribution in [-0.4, -0.2) is 45.2 Å². The monoisotopic (exact) mass is 176 g/mol. The summed E-state index contributed by atoms with van der Waals surface area (Å²) >= 11 is 0. The van der Waals surface area contributed by atoms with Gasteiger partial charge in [-0.25, -0.2) is 0 Å². The Hall–Kier alpha value is -0.160. The Balaban J connectivity index is 2.97. The summed E-state index contributed by atoms with van der Waals surface area (Å²) in [7, 11) is 3.51. The summed E-state index contributed by atoms with van der Waals surface area (Å²) in [6.45, 7) is 2.22. The van der Waals surface area contributed by atoms with Gasteiger partial charge in [0.2, 0.25) is 0 Å². The lowest BCUT2D eigenvalue weighted by Crippen LogP contribution is -2.33. The molecule has 0 aromatic rings. The van der Waals surface area contributed by atoms with E-state index in [-0.39, 0.29) is 0 Å². The van der Waals surface area contributed by atoms with Crippen LogP contribution in [0.4, 0.5) is 0 Å². The molecular formula is C8H20N2O2. The minimum absolute atomic E-state index is 0.353. The van der Waals surface area contributed by atoms with Crippen molar-refractivity contribution in [3.8, 4) is 0 Å². The van der Waals surface area contributed by atoms with Crippen molar-refractivity contribution in [1.82, 2.24) is 10.6 Å². The number of hydrogen-bond acceptors (Lipinski definition) is 4. The van der Waals surface area contributed by atoms with Crippen LogP contribution in [0.25, 0.3) is 0 Å². The van der Waals surface area contributed by atoms with Crippen molar-refractivity contribution in [3.63, 3.8) is 0 Å². The van der Waals surface area contributed by atoms with E-state index in [0.717, 1.165) is 25.9 Å². The van der Waals surface area contributed by atoms with E-state index in [9.17, 15) is 0 Å². The maximum atomic E-state index is 9.15. The van der Waals surface area contributed by atoms with Crippen molar-refractivity contribution in [1.29, 1.82) is 0 Å². The summed E-state index contributed by atoms with van der Waals surface area (Å²) in [5.74, 6) is 0. The van der Waals surface area contributed by atoms with Crippen LogP contribution in [0.2, 0.25) is 0 Å². The maximum Gasteiger partial charge on any atom is 0.128 e. The molecule has 0 saturated carbocycles. The molecule has 0 rings (SSSR count). The standard InChI is InChI=1S/C8H20N2O2/c1-9-5-3-4-6-10-8(11)7-12-2/h8-11H,3-7H2,1-2H3. The van der Waals surface area contributed by atoms with Gasteiger partial charge >= 0.3 is 0 Å². The van der Waals surface area contributed by atoms with Gasteiger partial charge in [0.25, 0.3) is 0 Å². The predicted molar refractivity (Wildman–Crippen MR) is 49.0 cm³/mol. The van der Waals surface area contributed by atoms with E-state index >= 15 is 0 Å². The maximum absolute atomic E-state index is 9.15. The number of nitrogens with one attached hydrogen (secondary N) is 2. The fourth-order valence-corrected chi connectivity index (χ4v) is 0.912. The van der Waals surface area contributed by atoms with E-state index in [1.54, 1.807) is 7.11 Å². The lowest BCUT2D eigenvalue weighted by Gasteiger charge is -2.10. The second-order valence-corrected chi connectivity index (χ2v) is 2.74. The zero-order valence-electron chi connectivity index (χ0n) is 7.97. The third kappa shape index (κ3) is 7.94. The highest BCUT2D eigenvalue weighted by atomic mass is 16.5. The topological polar surface area (TPSA) is 53.5 Å². The average molecular weight is 176 g/mol. The minimum Gasteiger partial charge on any atom is -0.381 e. The van der Waals surface area contributed by atoms with Gasteiger partial charge in [0, 0.05) is 7.11 Å². The molecule has 4 heteroatoms. The van der Waals surface area contributed by atoms with E-state index in [2.05, 4.69) is 10.6 Å². The third-order valence-corrected chi connectivity index (χ3v) is 1.56. The van der Waals surface area contributed by atoms with Crippen molar-refractivity contribution in [2.24, 2.45) is 0 Å². The predicted octanol–water partition coefficient (Wildman–Crippen LogP) is -0.460. The van der Waals surface area contributed by atoms with Crippen molar-refractivity contribution < 1.29 is 9.84 Å². The second-order valence-electron chi connectivity index (χ2n) is 2.74. The molecule has 0 aromatic carbocycles. The second kappa shape index (κ2) is 8.93. The van der Waals surface area contributed by atoms with E-state index in [1.165, 1.54) is 0 Å². The highest BCUT2D eigenvalue weighted by Crippen LogP contribution is 1.85. The molecule has 0 saturated heterocycles. The molecule has 12 heavy (non-hydrogen) atoms. The summed E-state index contributed by atoms with van der Waals surface area (Å²) in [5, 5.41) is 15.2. The number of methoxy groups -OCH3 is 1. The van der Waals surface area contributed by atoms with Crippen molar-refractivity contribution in [2.75, 3.05) is 33.9 Å². The highest BCUT2D eigenvalue weighted by Gasteiger charge is 1.99. The third-order valence-electron chi connectivity index (χ3n) is 1.56. The number of aliphatic hydroxyl groups excluding tert-OH is 1. The van der Waals surface area contributed by atoms with Crippen LogP contribution in [0.3, 0.4) is 0 Å². The SMILES string of the molecule is CNCCCCNC(O)COC. The quantitative estimate of drug-likeness (QED) is 0.346. The number of ether oxygens (including phenoxy) is 1. The van der Waals surface area contributed by atoms with Crippen molar-refractivity contribution in [3.05, 3.63) is 0 Å². The summed E-state index contributed by atoms with van der Waals surface area (Å²) in [6, 6.07) is 0. The van der Waals surface area contributed by atoms with Crippen LogP contribution in [0.15, 0.2) is 0 Å². The van der Waals surface area contributed by atoms with E-state index in [4.69, 9.17) is 9.84 Å². The van der Waals surface area contributed by atoms with Crippen LogP contribution in [-0.2, 0) is 4.74 Å². The van der Waals surface area contributed by atoms with Crippen LogP contribution < -0.4 is 10.6 Å². The van der Waals surface area contributed by atoms with Gasteiger partial charge in [0.15, 0.2) is 0 Å². The minimum atomic E-state index is -0.524. The summed E-state index contributed by atoms with van der Waals surface area (Å²) in [6.07, 6.45) is 1.68. The Kier molecular flexibility index (Phi) is 8.81. The van der Waals surface area contributed by atoms with Crippen molar-refractivity contribution in [2.45, 2.75) is 19.1 Å². The van der Waals surface area contributed by atoms with E-state index in [1.807, 2.05) is 7.05 Å². The number of rotatable bonds is 8. The molecule has 0 bridgehead atoms. The Morgan fingerprint density at radius 2 is 2.00 bits per heavy atom. The molecule has 0 radical (unpaired) electrons. The van der Waals surface area contributed by atoms with Gasteiger partial charge in [-0.2, -0.15) is 0 Å². The van der Waals surface area contributed by atoms with Crippen LogP contribution >= 0.6 is 0 Å². The normalized spacial score (nSPS) is 13.2.